The highest BCUT2D eigenvalue weighted by atomic mass is 32.1. The third-order valence-electron chi connectivity index (χ3n) is 3.94. The second-order valence-corrected chi connectivity index (χ2v) is 6.13. The Morgan fingerprint density at radius 2 is 2.05 bits per heavy atom. The van der Waals surface area contributed by atoms with Crippen molar-refractivity contribution in [2.75, 3.05) is 31.1 Å². The molecule has 0 aromatic carbocycles. The maximum Gasteiger partial charge on any atom is 0.287 e. The Morgan fingerprint density at radius 3 is 2.59 bits per heavy atom. The molecule has 22 heavy (non-hydrogen) atoms. The molecule has 1 unspecified atom stereocenters. The molecule has 0 saturated carbocycles. The lowest BCUT2D eigenvalue weighted by molar-refractivity contribution is -0.385. The van der Waals surface area contributed by atoms with Gasteiger partial charge in [0.2, 0.25) is 0 Å². The summed E-state index contributed by atoms with van der Waals surface area (Å²) < 4.78 is 0. The third kappa shape index (κ3) is 3.07. The molecule has 116 valence electrons. The van der Waals surface area contributed by atoms with Crippen molar-refractivity contribution in [2.24, 2.45) is 0 Å². The predicted octanol–water partition coefficient (Wildman–Crippen LogP) is 2.33. The molecule has 3 heterocycles. The fraction of sp³-hybridized carbons (Fsp3) is 0.429. The average Bonchev–Trinajstić information content (AvgIpc) is 3.09. The Morgan fingerprint density at radius 1 is 1.27 bits per heavy atom. The number of thiazole rings is 1. The molecule has 3 rings (SSSR count). The van der Waals surface area contributed by atoms with E-state index in [9.17, 15) is 10.1 Å². The van der Waals surface area contributed by atoms with Crippen molar-refractivity contribution in [1.82, 2.24) is 14.9 Å². The Hall–Kier alpha value is -2.06. The van der Waals surface area contributed by atoms with Gasteiger partial charge in [-0.25, -0.2) is 9.97 Å². The van der Waals surface area contributed by atoms with Gasteiger partial charge >= 0.3 is 0 Å². The van der Waals surface area contributed by atoms with Crippen molar-refractivity contribution >= 4 is 22.8 Å². The molecule has 1 fully saturated rings. The summed E-state index contributed by atoms with van der Waals surface area (Å²) in [5, 5.41) is 13.8. The van der Waals surface area contributed by atoms with E-state index < -0.39 is 4.92 Å². The number of hydrogen-bond acceptors (Lipinski definition) is 7. The van der Waals surface area contributed by atoms with Crippen LogP contribution in [0.2, 0.25) is 0 Å². The zero-order valence-corrected chi connectivity index (χ0v) is 13.1. The molecule has 2 aromatic rings. The van der Waals surface area contributed by atoms with Crippen molar-refractivity contribution in [2.45, 2.75) is 13.0 Å². The van der Waals surface area contributed by atoms with Crippen molar-refractivity contribution in [3.8, 4) is 0 Å². The second kappa shape index (κ2) is 6.37. The number of pyridine rings is 1. The standard InChI is InChI=1S/C14H17N5O2S/c1-11(14-15-4-9-22-14)17-5-7-18(8-6-17)13-3-2-12(10-16-13)19(20)21/h2-4,9-11H,5-8H2,1H3. The maximum absolute atomic E-state index is 10.7. The number of aromatic nitrogens is 2. The van der Waals surface area contributed by atoms with Gasteiger partial charge in [-0.2, -0.15) is 0 Å². The fourth-order valence-electron chi connectivity index (χ4n) is 2.61. The van der Waals surface area contributed by atoms with Crippen LogP contribution in [0.1, 0.15) is 18.0 Å². The molecule has 2 aromatic heterocycles. The van der Waals surface area contributed by atoms with E-state index in [1.165, 1.54) is 12.3 Å². The lowest BCUT2D eigenvalue weighted by Crippen LogP contribution is -2.47. The molecule has 1 aliphatic rings. The molecule has 0 amide bonds. The number of nitro groups is 1. The van der Waals surface area contributed by atoms with Gasteiger partial charge in [-0.1, -0.05) is 0 Å². The van der Waals surface area contributed by atoms with Gasteiger partial charge in [-0.05, 0) is 13.0 Å². The first kappa shape index (κ1) is 14.9. The van der Waals surface area contributed by atoms with Crippen LogP contribution in [-0.4, -0.2) is 46.0 Å². The summed E-state index contributed by atoms with van der Waals surface area (Å²) in [6.07, 6.45) is 3.16. The third-order valence-corrected chi connectivity index (χ3v) is 4.88. The van der Waals surface area contributed by atoms with Gasteiger partial charge in [0.05, 0.1) is 11.0 Å². The molecule has 0 aliphatic carbocycles. The first-order valence-electron chi connectivity index (χ1n) is 7.14. The maximum atomic E-state index is 10.7. The molecule has 0 N–H and O–H groups in total. The van der Waals surface area contributed by atoms with Crippen LogP contribution in [0.4, 0.5) is 11.5 Å². The molecule has 0 spiro atoms. The number of anilines is 1. The lowest BCUT2D eigenvalue weighted by Gasteiger charge is -2.37. The number of piperazine rings is 1. The normalized spacial score (nSPS) is 17.4. The minimum Gasteiger partial charge on any atom is -0.354 e. The van der Waals surface area contributed by atoms with E-state index in [2.05, 4.69) is 26.7 Å². The van der Waals surface area contributed by atoms with Crippen LogP contribution in [0.3, 0.4) is 0 Å². The van der Waals surface area contributed by atoms with Crippen molar-refractivity contribution in [1.29, 1.82) is 0 Å². The van der Waals surface area contributed by atoms with Gasteiger partial charge in [0, 0.05) is 43.8 Å². The van der Waals surface area contributed by atoms with Crippen molar-refractivity contribution < 1.29 is 4.92 Å². The van der Waals surface area contributed by atoms with Gasteiger partial charge < -0.3 is 4.90 Å². The predicted molar refractivity (Wildman–Crippen MR) is 85.2 cm³/mol. The summed E-state index contributed by atoms with van der Waals surface area (Å²) in [5.41, 5.74) is 0.0276. The summed E-state index contributed by atoms with van der Waals surface area (Å²) in [6, 6.07) is 3.55. The highest BCUT2D eigenvalue weighted by molar-refractivity contribution is 7.09. The van der Waals surface area contributed by atoms with Gasteiger partial charge in [0.15, 0.2) is 0 Å². The molecule has 7 nitrogen and oxygen atoms in total. The molecule has 1 saturated heterocycles. The highest BCUT2D eigenvalue weighted by Crippen LogP contribution is 2.24. The topological polar surface area (TPSA) is 75.4 Å². The van der Waals surface area contributed by atoms with Crippen LogP contribution in [-0.2, 0) is 0 Å². The SMILES string of the molecule is CC(c1nccs1)N1CCN(c2ccc([N+](=O)[O-])cn2)CC1. The molecule has 8 heteroatoms. The molecule has 1 atom stereocenters. The van der Waals surface area contributed by atoms with Crippen LogP contribution in [0, 0.1) is 10.1 Å². The largest absolute Gasteiger partial charge is 0.354 e. The van der Waals surface area contributed by atoms with Crippen LogP contribution >= 0.6 is 11.3 Å². The van der Waals surface area contributed by atoms with Crippen LogP contribution < -0.4 is 4.90 Å². The van der Waals surface area contributed by atoms with E-state index in [-0.39, 0.29) is 5.69 Å². The van der Waals surface area contributed by atoms with Gasteiger partial charge in [0.1, 0.15) is 17.0 Å². The van der Waals surface area contributed by atoms with Crippen molar-refractivity contribution in [3.63, 3.8) is 0 Å². The Bertz CT molecular complexity index is 623. The molecular weight excluding hydrogens is 302 g/mol. The number of rotatable bonds is 4. The highest BCUT2D eigenvalue weighted by Gasteiger charge is 2.24. The van der Waals surface area contributed by atoms with E-state index in [1.54, 1.807) is 17.4 Å². The van der Waals surface area contributed by atoms with E-state index in [0.717, 1.165) is 37.0 Å². The van der Waals surface area contributed by atoms with Gasteiger partial charge in [-0.15, -0.1) is 11.3 Å². The first-order valence-corrected chi connectivity index (χ1v) is 8.02. The van der Waals surface area contributed by atoms with Gasteiger partial charge in [-0.3, -0.25) is 15.0 Å². The quantitative estimate of drug-likeness (QED) is 0.636. The van der Waals surface area contributed by atoms with Gasteiger partial charge in [0.25, 0.3) is 5.69 Å². The van der Waals surface area contributed by atoms with Crippen LogP contribution in [0.15, 0.2) is 29.9 Å². The molecule has 0 radical (unpaired) electrons. The lowest BCUT2D eigenvalue weighted by atomic mass is 10.2. The smallest absolute Gasteiger partial charge is 0.287 e. The molecule has 0 bridgehead atoms. The minimum absolute atomic E-state index is 0.0276. The number of nitrogens with zero attached hydrogens (tertiary/aromatic N) is 5. The first-order chi connectivity index (χ1) is 10.6. The Labute approximate surface area is 132 Å². The summed E-state index contributed by atoms with van der Waals surface area (Å²) in [7, 11) is 0. The summed E-state index contributed by atoms with van der Waals surface area (Å²) in [5.74, 6) is 0.798. The van der Waals surface area contributed by atoms with E-state index in [0.29, 0.717) is 6.04 Å². The zero-order valence-electron chi connectivity index (χ0n) is 12.3. The van der Waals surface area contributed by atoms with E-state index in [1.807, 2.05) is 11.6 Å². The monoisotopic (exact) mass is 319 g/mol. The second-order valence-electron chi connectivity index (χ2n) is 5.20. The zero-order chi connectivity index (χ0) is 15.5. The average molecular weight is 319 g/mol. The molecule has 1 aliphatic heterocycles. The fourth-order valence-corrected chi connectivity index (χ4v) is 3.34. The van der Waals surface area contributed by atoms with Crippen LogP contribution in [0.25, 0.3) is 0 Å². The van der Waals surface area contributed by atoms with E-state index in [4.69, 9.17) is 0 Å². The Kier molecular flexibility index (Phi) is 4.30. The summed E-state index contributed by atoms with van der Waals surface area (Å²) in [6.45, 7) is 5.76. The minimum atomic E-state index is -0.426. The van der Waals surface area contributed by atoms with E-state index >= 15 is 0 Å². The Balaban J connectivity index is 1.60. The summed E-state index contributed by atoms with van der Waals surface area (Å²) >= 11 is 1.68. The van der Waals surface area contributed by atoms with Crippen molar-refractivity contribution in [3.05, 3.63) is 45.0 Å². The molecular formula is C14H17N5O2S. The van der Waals surface area contributed by atoms with Crippen LogP contribution in [0.5, 0.6) is 0 Å². The summed E-state index contributed by atoms with van der Waals surface area (Å²) in [4.78, 5) is 23.4. The number of hydrogen-bond donors (Lipinski definition) is 0.